The first kappa shape index (κ1) is 26.2. The maximum Gasteiger partial charge on any atom is 0.279 e. The molecule has 0 aliphatic carbocycles. The third-order valence-electron chi connectivity index (χ3n) is 5.74. The maximum absolute atomic E-state index is 15.1. The van der Waals surface area contributed by atoms with E-state index < -0.39 is 22.5 Å². The third-order valence-corrected chi connectivity index (χ3v) is 6.94. The van der Waals surface area contributed by atoms with Gasteiger partial charge in [0.15, 0.2) is 5.17 Å². The van der Waals surface area contributed by atoms with Crippen LogP contribution in [0, 0.1) is 19.7 Å². The molecule has 1 amide bonds. The van der Waals surface area contributed by atoms with Crippen molar-refractivity contribution in [2.75, 3.05) is 11.2 Å². The quantitative estimate of drug-likeness (QED) is 0.275. The average Bonchev–Trinajstić information content (AvgIpc) is 2.84. The van der Waals surface area contributed by atoms with Gasteiger partial charge in [-0.05, 0) is 48.6 Å². The highest BCUT2D eigenvalue weighted by Gasteiger charge is 2.31. The van der Waals surface area contributed by atoms with Gasteiger partial charge < -0.3 is 11.1 Å². The summed E-state index contributed by atoms with van der Waals surface area (Å²) in [4.78, 5) is 27.4. The van der Waals surface area contributed by atoms with E-state index in [1.165, 1.54) is 17.7 Å². The number of thioether (sulfide) groups is 1. The lowest BCUT2D eigenvalue weighted by Crippen LogP contribution is -2.35. The van der Waals surface area contributed by atoms with Crippen molar-refractivity contribution < 1.29 is 13.4 Å². The van der Waals surface area contributed by atoms with Crippen LogP contribution >= 0.6 is 11.8 Å². The van der Waals surface area contributed by atoms with Gasteiger partial charge in [-0.15, -0.1) is 0 Å². The van der Waals surface area contributed by atoms with Gasteiger partial charge in [-0.1, -0.05) is 43.1 Å². The number of anilines is 2. The van der Waals surface area contributed by atoms with Gasteiger partial charge in [0.25, 0.3) is 5.91 Å². The second-order valence-corrected chi connectivity index (χ2v) is 10.5. The summed E-state index contributed by atoms with van der Waals surface area (Å²) in [6, 6.07) is 9.87. The molecule has 3 N–H and O–H groups in total. The highest BCUT2D eigenvalue weighted by molar-refractivity contribution is 8.16. The summed E-state index contributed by atoms with van der Waals surface area (Å²) in [6.07, 6.45) is 1.47. The zero-order chi connectivity index (χ0) is 26.9. The van der Waals surface area contributed by atoms with Crippen molar-refractivity contribution in [2.24, 2.45) is 10.7 Å². The molecule has 0 spiro atoms. The van der Waals surface area contributed by atoms with Crippen molar-refractivity contribution in [2.45, 2.75) is 25.5 Å². The van der Waals surface area contributed by atoms with Crippen LogP contribution in [0.4, 0.5) is 15.9 Å². The number of rotatable bonds is 5. The van der Waals surface area contributed by atoms with E-state index in [0.29, 0.717) is 46.1 Å². The molecule has 4 rings (SSSR count). The van der Waals surface area contributed by atoms with Crippen LogP contribution in [0.5, 0.6) is 0 Å². The molecule has 11 heteroatoms. The lowest BCUT2D eigenvalue weighted by molar-refractivity contribution is 0.100. The topological polar surface area (TPSA) is 114 Å². The molecule has 1 aliphatic heterocycles. The second kappa shape index (κ2) is 10.7. The van der Waals surface area contributed by atoms with Crippen molar-refractivity contribution >= 4 is 45.1 Å². The van der Waals surface area contributed by atoms with Crippen LogP contribution in [0.25, 0.3) is 11.3 Å². The summed E-state index contributed by atoms with van der Waals surface area (Å²) >= 11 is 1.05. The molecule has 1 atom stereocenters. The van der Waals surface area contributed by atoms with Crippen molar-refractivity contribution in [1.29, 1.82) is 0 Å². The normalized spacial score (nSPS) is 14.1. The fraction of sp³-hybridized carbons (Fsp3) is 0.154. The molecule has 2 aromatic carbocycles. The van der Waals surface area contributed by atoms with Crippen molar-refractivity contribution in [3.05, 3.63) is 88.9 Å². The van der Waals surface area contributed by atoms with Crippen LogP contribution in [0.15, 0.2) is 70.9 Å². The summed E-state index contributed by atoms with van der Waals surface area (Å²) in [6.45, 7) is 11.6. The summed E-state index contributed by atoms with van der Waals surface area (Å²) in [5, 5.41) is 4.82. The number of aliphatic imine (C=N–C) groups is 1. The number of fused-ring (bicyclic) bond motifs is 1. The van der Waals surface area contributed by atoms with Gasteiger partial charge in [-0.25, -0.2) is 14.4 Å². The fourth-order valence-corrected chi connectivity index (χ4v) is 4.72. The smallest absolute Gasteiger partial charge is 0.279 e. The Balaban J connectivity index is 1.95. The highest BCUT2D eigenvalue weighted by atomic mass is 32.2. The van der Waals surface area contributed by atoms with E-state index in [1.54, 1.807) is 42.2 Å². The zero-order valence-corrected chi connectivity index (χ0v) is 22.2. The monoisotopic (exact) mass is 536 g/mol. The molecule has 0 bridgehead atoms. The number of aromatic nitrogens is 2. The zero-order valence-electron chi connectivity index (χ0n) is 20.5. The number of amidine groups is 1. The SMILES string of the molecule is C=CSC(N)=NC(=O)c1ccc(C)c(-c2nc(S(C)=O)nc3c2CNC(=C)N3c2c(C)cccc2F)c1. The summed E-state index contributed by atoms with van der Waals surface area (Å²) in [7, 11) is -1.55. The van der Waals surface area contributed by atoms with Crippen LogP contribution in [-0.4, -0.2) is 31.5 Å². The van der Waals surface area contributed by atoms with Gasteiger partial charge in [-0.2, -0.15) is 4.99 Å². The number of hydrogen-bond acceptors (Lipinski definition) is 7. The van der Waals surface area contributed by atoms with Crippen LogP contribution in [0.1, 0.15) is 27.0 Å². The summed E-state index contributed by atoms with van der Waals surface area (Å²) in [5.74, 6) is -0.187. The minimum Gasteiger partial charge on any atom is -0.378 e. The average molecular weight is 537 g/mol. The van der Waals surface area contributed by atoms with E-state index in [2.05, 4.69) is 33.4 Å². The molecular weight excluding hydrogens is 511 g/mol. The molecule has 0 radical (unpaired) electrons. The Morgan fingerprint density at radius 2 is 2.03 bits per heavy atom. The van der Waals surface area contributed by atoms with Gasteiger partial charge in [0, 0.05) is 29.5 Å². The van der Waals surface area contributed by atoms with E-state index in [4.69, 9.17) is 5.73 Å². The van der Waals surface area contributed by atoms with Crippen LogP contribution < -0.4 is 16.0 Å². The lowest BCUT2D eigenvalue weighted by Gasteiger charge is -2.34. The Kier molecular flexibility index (Phi) is 7.55. The number of benzene rings is 2. The summed E-state index contributed by atoms with van der Waals surface area (Å²) in [5.41, 5.74) is 9.58. The minimum absolute atomic E-state index is 0.0724. The number of carbonyl (C=O) groups is 1. The molecule has 8 nitrogen and oxygen atoms in total. The Hall–Kier alpha value is -3.83. The predicted molar refractivity (Wildman–Crippen MR) is 148 cm³/mol. The van der Waals surface area contributed by atoms with Gasteiger partial charge in [0.1, 0.15) is 17.5 Å². The van der Waals surface area contributed by atoms with Crippen molar-refractivity contribution in [3.63, 3.8) is 0 Å². The molecule has 37 heavy (non-hydrogen) atoms. The number of amides is 1. The van der Waals surface area contributed by atoms with Gasteiger partial charge in [0.2, 0.25) is 5.16 Å². The third kappa shape index (κ3) is 5.18. The molecule has 1 aromatic heterocycles. The molecule has 1 aliphatic rings. The second-order valence-electron chi connectivity index (χ2n) is 8.22. The van der Waals surface area contributed by atoms with Crippen LogP contribution in [-0.2, 0) is 17.3 Å². The van der Waals surface area contributed by atoms with Crippen LogP contribution in [0.3, 0.4) is 0 Å². The van der Waals surface area contributed by atoms with E-state index in [9.17, 15) is 9.00 Å². The van der Waals surface area contributed by atoms with E-state index in [1.807, 2.05) is 6.92 Å². The molecule has 0 saturated carbocycles. The number of halogens is 1. The number of hydrogen-bond donors (Lipinski definition) is 2. The largest absolute Gasteiger partial charge is 0.378 e. The molecule has 1 unspecified atom stereocenters. The number of para-hydroxylation sites is 1. The Morgan fingerprint density at radius 3 is 2.70 bits per heavy atom. The Morgan fingerprint density at radius 1 is 1.27 bits per heavy atom. The van der Waals surface area contributed by atoms with E-state index in [-0.39, 0.29) is 16.0 Å². The molecule has 0 fully saturated rings. The lowest BCUT2D eigenvalue weighted by atomic mass is 9.97. The highest BCUT2D eigenvalue weighted by Crippen LogP contribution is 2.40. The first-order chi connectivity index (χ1) is 17.6. The maximum atomic E-state index is 15.1. The Bertz CT molecular complexity index is 1480. The number of aryl methyl sites for hydroxylation is 2. The fourth-order valence-electron chi connectivity index (χ4n) is 3.98. The van der Waals surface area contributed by atoms with Crippen LogP contribution in [0.2, 0.25) is 0 Å². The summed E-state index contributed by atoms with van der Waals surface area (Å²) < 4.78 is 27.6. The molecule has 0 saturated heterocycles. The molecule has 2 heterocycles. The van der Waals surface area contributed by atoms with E-state index in [0.717, 1.165) is 17.3 Å². The van der Waals surface area contributed by atoms with Crippen molar-refractivity contribution in [1.82, 2.24) is 15.3 Å². The minimum atomic E-state index is -1.55. The number of nitrogens with zero attached hydrogens (tertiary/aromatic N) is 4. The first-order valence-electron chi connectivity index (χ1n) is 11.1. The first-order valence-corrected chi connectivity index (χ1v) is 13.6. The molecule has 3 aromatic rings. The molecular formula is C26H25FN6O2S2. The van der Waals surface area contributed by atoms with Gasteiger partial charge >= 0.3 is 0 Å². The number of carbonyl (C=O) groups excluding carboxylic acids is 1. The predicted octanol–water partition coefficient (Wildman–Crippen LogP) is 4.68. The molecule has 190 valence electrons. The number of nitrogens with two attached hydrogens (primary N) is 1. The van der Waals surface area contributed by atoms with Gasteiger partial charge in [0.05, 0.1) is 22.2 Å². The number of nitrogens with one attached hydrogen (secondary N) is 1. The standard InChI is InChI=1S/C26H25FN6O2S2/c1-6-36-25(28)32-24(34)17-11-10-14(2)18(12-17)21-19-13-29-16(4)33(22-15(3)8-7-9-20(22)27)23(19)31-26(30-21)37(5)35/h6-12,29H,1,4,13H2,2-3,5H3,(H2,28,32,34). The van der Waals surface area contributed by atoms with Gasteiger partial charge in [-0.3, -0.25) is 13.9 Å². The van der Waals surface area contributed by atoms with Crippen molar-refractivity contribution in [3.8, 4) is 11.3 Å². The van der Waals surface area contributed by atoms with E-state index >= 15 is 4.39 Å². The Labute approximate surface area is 221 Å².